The molecule has 1 unspecified atom stereocenters. The van der Waals surface area contributed by atoms with Gasteiger partial charge in [-0.05, 0) is 19.1 Å². The molecule has 1 aromatic rings. The van der Waals surface area contributed by atoms with Crippen LogP contribution in [0.25, 0.3) is 0 Å². The lowest BCUT2D eigenvalue weighted by Crippen LogP contribution is -2.38. The van der Waals surface area contributed by atoms with Gasteiger partial charge in [-0.2, -0.15) is 0 Å². The van der Waals surface area contributed by atoms with Gasteiger partial charge < -0.3 is 19.3 Å². The number of hydrogen-bond acceptors (Lipinski definition) is 6. The summed E-state index contributed by atoms with van der Waals surface area (Å²) < 4.78 is 15.6. The molecule has 0 spiro atoms. The first-order valence-electron chi connectivity index (χ1n) is 6.90. The Hall–Kier alpha value is -1.79. The minimum Gasteiger partial charge on any atom is -0.496 e. The number of methoxy groups -OCH3 is 2. The number of aliphatic hydroxyl groups excluding tert-OH is 1. The van der Waals surface area contributed by atoms with Gasteiger partial charge in [-0.3, -0.25) is 9.69 Å². The number of aliphatic hydroxyl groups is 1. The van der Waals surface area contributed by atoms with E-state index in [4.69, 9.17) is 14.2 Å². The molecule has 1 N–H and O–H groups in total. The average molecular weight is 295 g/mol. The van der Waals surface area contributed by atoms with Crippen LogP contribution in [0.1, 0.15) is 24.2 Å². The Bertz CT molecular complexity index is 517. The van der Waals surface area contributed by atoms with Crippen LogP contribution in [0.5, 0.6) is 11.5 Å². The van der Waals surface area contributed by atoms with Crippen LogP contribution in [0.15, 0.2) is 12.1 Å². The van der Waals surface area contributed by atoms with Crippen LogP contribution in [-0.4, -0.2) is 49.9 Å². The quantitative estimate of drug-likeness (QED) is 0.821. The van der Waals surface area contributed by atoms with Gasteiger partial charge in [-0.15, -0.1) is 0 Å². The maximum absolute atomic E-state index is 11.6. The van der Waals surface area contributed by atoms with Crippen molar-refractivity contribution in [1.29, 1.82) is 0 Å². The van der Waals surface area contributed by atoms with E-state index in [2.05, 4.69) is 0 Å². The van der Waals surface area contributed by atoms with Crippen molar-refractivity contribution in [1.82, 2.24) is 4.90 Å². The zero-order valence-corrected chi connectivity index (χ0v) is 12.6. The van der Waals surface area contributed by atoms with Gasteiger partial charge >= 0.3 is 5.97 Å². The highest BCUT2D eigenvalue weighted by molar-refractivity contribution is 5.71. The number of fused-ring (bicyclic) bond motifs is 1. The standard InChI is InChI=1S/C15H21NO5/c1-4-21-14(18)9-16-7-10-12(19-2)5-6-13(20-3)15(10)11(17)8-16/h5-6,11,17H,4,7-9H2,1-3H3. The van der Waals surface area contributed by atoms with Gasteiger partial charge in [-0.25, -0.2) is 0 Å². The highest BCUT2D eigenvalue weighted by atomic mass is 16.5. The monoisotopic (exact) mass is 295 g/mol. The van der Waals surface area contributed by atoms with E-state index in [0.717, 1.165) is 11.1 Å². The van der Waals surface area contributed by atoms with Crippen LogP contribution in [0.4, 0.5) is 0 Å². The normalized spacial score (nSPS) is 18.0. The molecular weight excluding hydrogens is 274 g/mol. The number of benzene rings is 1. The lowest BCUT2D eigenvalue weighted by atomic mass is 9.95. The van der Waals surface area contributed by atoms with E-state index in [1.165, 1.54) is 0 Å². The van der Waals surface area contributed by atoms with E-state index < -0.39 is 6.10 Å². The fourth-order valence-electron chi connectivity index (χ4n) is 2.65. The minimum atomic E-state index is -0.728. The zero-order valence-electron chi connectivity index (χ0n) is 12.6. The fourth-order valence-corrected chi connectivity index (χ4v) is 2.65. The zero-order chi connectivity index (χ0) is 15.4. The third-order valence-electron chi connectivity index (χ3n) is 3.52. The van der Waals surface area contributed by atoms with E-state index in [1.54, 1.807) is 33.3 Å². The molecule has 1 atom stereocenters. The van der Waals surface area contributed by atoms with Crippen LogP contribution in [0.3, 0.4) is 0 Å². The van der Waals surface area contributed by atoms with Crippen LogP contribution < -0.4 is 9.47 Å². The maximum atomic E-state index is 11.6. The summed E-state index contributed by atoms with van der Waals surface area (Å²) in [7, 11) is 3.15. The summed E-state index contributed by atoms with van der Waals surface area (Å²) in [4.78, 5) is 13.4. The highest BCUT2D eigenvalue weighted by Gasteiger charge is 2.30. The van der Waals surface area contributed by atoms with Crippen LogP contribution in [-0.2, 0) is 16.1 Å². The summed E-state index contributed by atoms with van der Waals surface area (Å²) >= 11 is 0. The van der Waals surface area contributed by atoms with E-state index in [0.29, 0.717) is 31.2 Å². The third kappa shape index (κ3) is 3.28. The summed E-state index contributed by atoms with van der Waals surface area (Å²) in [5.74, 6) is 1.02. The van der Waals surface area contributed by atoms with Crippen molar-refractivity contribution >= 4 is 5.97 Å². The predicted molar refractivity (Wildman–Crippen MR) is 76.4 cm³/mol. The molecule has 116 valence electrons. The smallest absolute Gasteiger partial charge is 0.320 e. The van der Waals surface area contributed by atoms with Crippen molar-refractivity contribution in [3.8, 4) is 11.5 Å². The topological polar surface area (TPSA) is 68.2 Å². The van der Waals surface area contributed by atoms with Gasteiger partial charge in [0, 0.05) is 24.2 Å². The van der Waals surface area contributed by atoms with Crippen molar-refractivity contribution in [2.75, 3.05) is 33.9 Å². The Balaban J connectivity index is 2.27. The Morgan fingerprint density at radius 3 is 2.62 bits per heavy atom. The van der Waals surface area contributed by atoms with E-state index >= 15 is 0 Å². The molecule has 0 fully saturated rings. The molecule has 1 heterocycles. The van der Waals surface area contributed by atoms with Crippen molar-refractivity contribution in [2.24, 2.45) is 0 Å². The number of esters is 1. The van der Waals surface area contributed by atoms with E-state index in [-0.39, 0.29) is 12.5 Å². The Kier molecular flexibility index (Phi) is 5.03. The molecule has 6 heteroatoms. The van der Waals surface area contributed by atoms with Crippen molar-refractivity contribution in [3.63, 3.8) is 0 Å². The Labute approximate surface area is 124 Å². The van der Waals surface area contributed by atoms with Gasteiger partial charge in [0.25, 0.3) is 0 Å². The van der Waals surface area contributed by atoms with Crippen LogP contribution in [0, 0.1) is 0 Å². The number of nitrogens with zero attached hydrogens (tertiary/aromatic N) is 1. The van der Waals surface area contributed by atoms with Crippen molar-refractivity contribution in [3.05, 3.63) is 23.3 Å². The number of carbonyl (C=O) groups is 1. The van der Waals surface area contributed by atoms with Gasteiger partial charge in [0.15, 0.2) is 0 Å². The summed E-state index contributed by atoms with van der Waals surface area (Å²) in [6.07, 6.45) is -0.728. The number of β-amino-alcohol motifs (C(OH)–C–C–N with tert-alkyl or cyclic N) is 1. The Morgan fingerprint density at radius 1 is 1.33 bits per heavy atom. The van der Waals surface area contributed by atoms with Gasteiger partial charge in [0.05, 0.1) is 33.5 Å². The molecule has 2 rings (SSSR count). The number of carbonyl (C=O) groups excluding carboxylic acids is 1. The van der Waals surface area contributed by atoms with Crippen LogP contribution >= 0.6 is 0 Å². The molecule has 0 bridgehead atoms. The molecule has 0 amide bonds. The molecule has 0 aliphatic carbocycles. The van der Waals surface area contributed by atoms with Gasteiger partial charge in [0.2, 0.25) is 0 Å². The fraction of sp³-hybridized carbons (Fsp3) is 0.533. The van der Waals surface area contributed by atoms with E-state index in [9.17, 15) is 9.90 Å². The predicted octanol–water partition coefficient (Wildman–Crippen LogP) is 1.12. The molecule has 6 nitrogen and oxygen atoms in total. The molecule has 1 aromatic carbocycles. The summed E-state index contributed by atoms with van der Waals surface area (Å²) in [6, 6.07) is 3.58. The maximum Gasteiger partial charge on any atom is 0.320 e. The van der Waals surface area contributed by atoms with E-state index in [1.807, 2.05) is 4.90 Å². The van der Waals surface area contributed by atoms with Crippen molar-refractivity contribution in [2.45, 2.75) is 19.6 Å². The second-order valence-electron chi connectivity index (χ2n) is 4.85. The number of ether oxygens (including phenoxy) is 3. The molecule has 0 radical (unpaired) electrons. The molecule has 0 saturated carbocycles. The number of rotatable bonds is 5. The highest BCUT2D eigenvalue weighted by Crippen LogP contribution is 2.39. The second-order valence-corrected chi connectivity index (χ2v) is 4.85. The SMILES string of the molecule is CCOC(=O)CN1Cc2c(OC)ccc(OC)c2C(O)C1. The minimum absolute atomic E-state index is 0.144. The van der Waals surface area contributed by atoms with Gasteiger partial charge in [-0.1, -0.05) is 0 Å². The summed E-state index contributed by atoms with van der Waals surface area (Å²) in [5, 5.41) is 10.4. The lowest BCUT2D eigenvalue weighted by Gasteiger charge is -2.33. The molecule has 0 aromatic heterocycles. The largest absolute Gasteiger partial charge is 0.496 e. The lowest BCUT2D eigenvalue weighted by molar-refractivity contribution is -0.145. The first kappa shape index (κ1) is 15.6. The average Bonchev–Trinajstić information content (AvgIpc) is 2.46. The van der Waals surface area contributed by atoms with Crippen LogP contribution in [0.2, 0.25) is 0 Å². The summed E-state index contributed by atoms with van der Waals surface area (Å²) in [5.41, 5.74) is 1.58. The third-order valence-corrected chi connectivity index (χ3v) is 3.52. The second kappa shape index (κ2) is 6.78. The Morgan fingerprint density at radius 2 is 2.00 bits per heavy atom. The van der Waals surface area contributed by atoms with Gasteiger partial charge in [0.1, 0.15) is 11.5 Å². The molecule has 21 heavy (non-hydrogen) atoms. The first-order valence-corrected chi connectivity index (χ1v) is 6.90. The first-order chi connectivity index (χ1) is 10.1. The molecule has 0 saturated heterocycles. The number of hydrogen-bond donors (Lipinski definition) is 1. The van der Waals surface area contributed by atoms with Crippen molar-refractivity contribution < 1.29 is 24.1 Å². The molecule has 1 aliphatic heterocycles. The molecular formula is C15H21NO5. The molecule has 1 aliphatic rings. The summed E-state index contributed by atoms with van der Waals surface area (Å²) in [6.45, 7) is 3.13.